The highest BCUT2D eigenvalue weighted by Crippen LogP contribution is 2.11. The zero-order valence-corrected chi connectivity index (χ0v) is 10.5. The highest BCUT2D eigenvalue weighted by atomic mass is 15.4. The van der Waals surface area contributed by atoms with Crippen LogP contribution in [0.4, 0.5) is 0 Å². The van der Waals surface area contributed by atoms with E-state index >= 15 is 0 Å². The van der Waals surface area contributed by atoms with E-state index in [0.29, 0.717) is 6.04 Å². The summed E-state index contributed by atoms with van der Waals surface area (Å²) in [5, 5.41) is 11.6. The molecule has 2 rings (SSSR count). The Morgan fingerprint density at radius 2 is 2.06 bits per heavy atom. The van der Waals surface area contributed by atoms with Crippen LogP contribution in [0.2, 0.25) is 0 Å². The van der Waals surface area contributed by atoms with Gasteiger partial charge in [-0.15, -0.1) is 5.10 Å². The van der Waals surface area contributed by atoms with Crippen LogP contribution in [-0.4, -0.2) is 21.0 Å². The van der Waals surface area contributed by atoms with Crippen LogP contribution in [0.3, 0.4) is 0 Å². The van der Waals surface area contributed by atoms with Crippen molar-refractivity contribution in [3.8, 4) is 5.69 Å². The Morgan fingerprint density at radius 1 is 1.29 bits per heavy atom. The van der Waals surface area contributed by atoms with E-state index in [0.717, 1.165) is 17.9 Å². The first-order valence-electron chi connectivity index (χ1n) is 5.87. The van der Waals surface area contributed by atoms with Crippen molar-refractivity contribution in [2.75, 3.05) is 0 Å². The molecule has 1 N–H and O–H groups in total. The summed E-state index contributed by atoms with van der Waals surface area (Å²) in [7, 11) is 0. The van der Waals surface area contributed by atoms with Crippen LogP contribution in [0.1, 0.15) is 25.1 Å². The topological polar surface area (TPSA) is 42.7 Å². The van der Waals surface area contributed by atoms with Gasteiger partial charge < -0.3 is 5.32 Å². The van der Waals surface area contributed by atoms with Crippen molar-refractivity contribution < 1.29 is 0 Å². The molecule has 0 aliphatic carbocycles. The summed E-state index contributed by atoms with van der Waals surface area (Å²) in [6.45, 7) is 7.06. The average Bonchev–Trinajstić information content (AvgIpc) is 2.75. The van der Waals surface area contributed by atoms with Gasteiger partial charge in [0.2, 0.25) is 0 Å². The Balaban J connectivity index is 2.16. The van der Waals surface area contributed by atoms with Crippen LogP contribution < -0.4 is 5.32 Å². The fourth-order valence-electron chi connectivity index (χ4n) is 1.63. The van der Waals surface area contributed by atoms with Gasteiger partial charge in [0.05, 0.1) is 17.6 Å². The molecule has 0 aliphatic heterocycles. The lowest BCUT2D eigenvalue weighted by Crippen LogP contribution is -2.21. The van der Waals surface area contributed by atoms with E-state index in [1.54, 1.807) is 0 Å². The molecule has 0 spiro atoms. The smallest absolute Gasteiger partial charge is 0.0969 e. The minimum atomic E-state index is 0.457. The largest absolute Gasteiger partial charge is 0.309 e. The van der Waals surface area contributed by atoms with E-state index in [-0.39, 0.29) is 0 Å². The third-order valence-corrected chi connectivity index (χ3v) is 2.59. The van der Waals surface area contributed by atoms with E-state index in [2.05, 4.69) is 42.5 Å². The zero-order valence-electron chi connectivity index (χ0n) is 10.5. The molecule has 17 heavy (non-hydrogen) atoms. The number of nitrogens with zero attached hydrogens (tertiary/aromatic N) is 3. The first-order chi connectivity index (χ1) is 8.16. The maximum atomic E-state index is 4.16. The lowest BCUT2D eigenvalue weighted by Gasteiger charge is -2.05. The Bertz CT molecular complexity index is 488. The molecule has 0 saturated carbocycles. The highest BCUT2D eigenvalue weighted by Gasteiger charge is 2.04. The van der Waals surface area contributed by atoms with Crippen molar-refractivity contribution >= 4 is 0 Å². The van der Waals surface area contributed by atoms with Crippen LogP contribution in [-0.2, 0) is 6.54 Å². The average molecular weight is 230 g/mol. The minimum absolute atomic E-state index is 0.457. The molecule has 0 unspecified atom stereocenters. The monoisotopic (exact) mass is 230 g/mol. The number of hydrogen-bond donors (Lipinski definition) is 1. The van der Waals surface area contributed by atoms with Crippen molar-refractivity contribution in [3.05, 3.63) is 41.7 Å². The second-order valence-electron chi connectivity index (χ2n) is 4.48. The number of hydrogen-bond acceptors (Lipinski definition) is 3. The van der Waals surface area contributed by atoms with Crippen molar-refractivity contribution in [3.63, 3.8) is 0 Å². The van der Waals surface area contributed by atoms with Gasteiger partial charge in [-0.3, -0.25) is 0 Å². The third kappa shape index (κ3) is 2.91. The van der Waals surface area contributed by atoms with Crippen LogP contribution in [0.5, 0.6) is 0 Å². The van der Waals surface area contributed by atoms with Gasteiger partial charge in [-0.1, -0.05) is 37.3 Å². The van der Waals surface area contributed by atoms with Crippen molar-refractivity contribution in [1.82, 2.24) is 20.3 Å². The summed E-state index contributed by atoms with van der Waals surface area (Å²) < 4.78 is 1.83. The Hall–Kier alpha value is -1.68. The quantitative estimate of drug-likeness (QED) is 0.874. The normalized spacial score (nSPS) is 11.1. The maximum Gasteiger partial charge on any atom is 0.0969 e. The van der Waals surface area contributed by atoms with Crippen LogP contribution in [0.15, 0.2) is 30.5 Å². The Kier molecular flexibility index (Phi) is 3.54. The van der Waals surface area contributed by atoms with Gasteiger partial charge >= 0.3 is 0 Å². The zero-order chi connectivity index (χ0) is 12.3. The van der Waals surface area contributed by atoms with Crippen LogP contribution in [0.25, 0.3) is 5.69 Å². The first kappa shape index (κ1) is 11.8. The van der Waals surface area contributed by atoms with Crippen molar-refractivity contribution in [1.29, 1.82) is 0 Å². The van der Waals surface area contributed by atoms with Crippen LogP contribution >= 0.6 is 0 Å². The van der Waals surface area contributed by atoms with Crippen LogP contribution in [0, 0.1) is 6.92 Å². The van der Waals surface area contributed by atoms with E-state index in [9.17, 15) is 0 Å². The van der Waals surface area contributed by atoms with E-state index in [1.165, 1.54) is 5.56 Å². The number of aromatic nitrogens is 3. The molecule has 0 bridgehead atoms. The summed E-state index contributed by atoms with van der Waals surface area (Å²) in [4.78, 5) is 0. The molecule has 1 aromatic heterocycles. The number of aryl methyl sites for hydroxylation is 1. The van der Waals surface area contributed by atoms with Gasteiger partial charge in [0.1, 0.15) is 0 Å². The SMILES string of the molecule is Cc1ccccc1-n1cc(CNC(C)C)nn1. The summed E-state index contributed by atoms with van der Waals surface area (Å²) in [5.74, 6) is 0. The Morgan fingerprint density at radius 3 is 2.76 bits per heavy atom. The summed E-state index contributed by atoms with van der Waals surface area (Å²) >= 11 is 0. The van der Waals surface area contributed by atoms with Crippen molar-refractivity contribution in [2.45, 2.75) is 33.4 Å². The van der Waals surface area contributed by atoms with Gasteiger partial charge in [-0.25, -0.2) is 4.68 Å². The van der Waals surface area contributed by atoms with E-state index < -0.39 is 0 Å². The molecule has 0 saturated heterocycles. The molecule has 0 fully saturated rings. The molecule has 0 amide bonds. The standard InChI is InChI=1S/C13H18N4/c1-10(2)14-8-12-9-17(16-15-12)13-7-5-4-6-11(13)3/h4-7,9-10,14H,8H2,1-3H3. The Labute approximate surface area is 102 Å². The first-order valence-corrected chi connectivity index (χ1v) is 5.87. The fraction of sp³-hybridized carbons (Fsp3) is 0.385. The molecule has 90 valence electrons. The molecule has 0 atom stereocenters. The maximum absolute atomic E-state index is 4.16. The highest BCUT2D eigenvalue weighted by molar-refractivity contribution is 5.38. The second kappa shape index (κ2) is 5.10. The lowest BCUT2D eigenvalue weighted by atomic mass is 10.2. The summed E-state index contributed by atoms with van der Waals surface area (Å²) in [5.41, 5.74) is 3.23. The van der Waals surface area contributed by atoms with Gasteiger partial charge in [0.15, 0.2) is 0 Å². The van der Waals surface area contributed by atoms with E-state index in [1.807, 2.05) is 29.1 Å². The number of para-hydroxylation sites is 1. The third-order valence-electron chi connectivity index (χ3n) is 2.59. The molecule has 0 aliphatic rings. The number of rotatable bonds is 4. The van der Waals surface area contributed by atoms with Gasteiger partial charge in [0, 0.05) is 12.6 Å². The molecule has 4 nitrogen and oxygen atoms in total. The molecule has 1 aromatic carbocycles. The number of benzene rings is 1. The molecule has 2 aromatic rings. The second-order valence-corrected chi connectivity index (χ2v) is 4.48. The molecule has 4 heteroatoms. The molecular formula is C13H18N4. The van der Waals surface area contributed by atoms with Gasteiger partial charge in [0.25, 0.3) is 0 Å². The van der Waals surface area contributed by atoms with Gasteiger partial charge in [-0.2, -0.15) is 0 Å². The predicted octanol–water partition coefficient (Wildman–Crippen LogP) is 2.07. The summed E-state index contributed by atoms with van der Waals surface area (Å²) in [6.07, 6.45) is 1.97. The predicted molar refractivity (Wildman–Crippen MR) is 68.1 cm³/mol. The van der Waals surface area contributed by atoms with Crippen molar-refractivity contribution in [2.24, 2.45) is 0 Å². The fourth-order valence-corrected chi connectivity index (χ4v) is 1.63. The summed E-state index contributed by atoms with van der Waals surface area (Å²) in [6, 6.07) is 8.61. The van der Waals surface area contributed by atoms with E-state index in [4.69, 9.17) is 0 Å². The number of nitrogens with one attached hydrogen (secondary N) is 1. The molecular weight excluding hydrogens is 212 g/mol. The lowest BCUT2D eigenvalue weighted by molar-refractivity contribution is 0.580. The minimum Gasteiger partial charge on any atom is -0.309 e. The van der Waals surface area contributed by atoms with Gasteiger partial charge in [-0.05, 0) is 18.6 Å². The molecule has 0 radical (unpaired) electrons. The molecule has 1 heterocycles.